The molecule has 168 valence electrons. The van der Waals surface area contributed by atoms with Crippen molar-refractivity contribution in [3.05, 3.63) is 29.7 Å². The summed E-state index contributed by atoms with van der Waals surface area (Å²) in [5.41, 5.74) is 1.26. The van der Waals surface area contributed by atoms with E-state index in [4.69, 9.17) is 13.9 Å². The standard InChI is InChI=1S/C23H31N3O5/c1-16-19(25-23(31-16)17-7-8-20(29-2)21(13-17)30-3)14-18(27)15-22(28)24-9-6-12-26-10-4-5-11-26/h7-8,13H,4-6,9-12,14-15H2,1-3H3,(H,24,28). The fraction of sp³-hybridized carbons (Fsp3) is 0.522. The van der Waals surface area contributed by atoms with E-state index >= 15 is 0 Å². The van der Waals surface area contributed by atoms with E-state index in [1.54, 1.807) is 33.3 Å². The monoisotopic (exact) mass is 429 g/mol. The third-order valence-electron chi connectivity index (χ3n) is 5.42. The number of aromatic nitrogens is 1. The van der Waals surface area contributed by atoms with Gasteiger partial charge in [0.1, 0.15) is 11.5 Å². The number of methoxy groups -OCH3 is 2. The topological polar surface area (TPSA) is 93.9 Å². The molecule has 0 radical (unpaired) electrons. The van der Waals surface area contributed by atoms with Gasteiger partial charge in [-0.3, -0.25) is 9.59 Å². The van der Waals surface area contributed by atoms with E-state index in [1.165, 1.54) is 12.8 Å². The van der Waals surface area contributed by atoms with Crippen LogP contribution in [0.5, 0.6) is 11.5 Å². The third kappa shape index (κ3) is 6.30. The van der Waals surface area contributed by atoms with Crippen molar-refractivity contribution in [3.8, 4) is 23.0 Å². The minimum Gasteiger partial charge on any atom is -0.493 e. The van der Waals surface area contributed by atoms with Gasteiger partial charge in [-0.2, -0.15) is 0 Å². The molecule has 1 N–H and O–H groups in total. The molecule has 2 heterocycles. The molecular formula is C23H31N3O5. The van der Waals surface area contributed by atoms with Gasteiger partial charge in [0.15, 0.2) is 11.5 Å². The quantitative estimate of drug-likeness (QED) is 0.434. The fourth-order valence-electron chi connectivity index (χ4n) is 3.71. The van der Waals surface area contributed by atoms with Crippen molar-refractivity contribution in [1.82, 2.24) is 15.2 Å². The number of nitrogens with zero attached hydrogens (tertiary/aromatic N) is 2. The Kier molecular flexibility index (Phi) is 8.06. The van der Waals surface area contributed by atoms with Crippen molar-refractivity contribution in [2.75, 3.05) is 40.4 Å². The lowest BCUT2D eigenvalue weighted by Gasteiger charge is -2.14. The maximum Gasteiger partial charge on any atom is 0.227 e. The second kappa shape index (κ2) is 10.9. The molecule has 1 aromatic carbocycles. The minimum atomic E-state index is -0.243. The van der Waals surface area contributed by atoms with Crippen LogP contribution in [0.4, 0.5) is 0 Å². The average Bonchev–Trinajstić information content (AvgIpc) is 3.40. The van der Waals surface area contributed by atoms with Gasteiger partial charge in [0.25, 0.3) is 0 Å². The van der Waals surface area contributed by atoms with E-state index in [2.05, 4.69) is 15.2 Å². The predicted octanol–water partition coefficient (Wildman–Crippen LogP) is 2.77. The fourth-order valence-corrected chi connectivity index (χ4v) is 3.71. The van der Waals surface area contributed by atoms with Gasteiger partial charge in [-0.25, -0.2) is 4.98 Å². The van der Waals surface area contributed by atoms with Crippen LogP contribution in [0.1, 0.15) is 37.1 Å². The van der Waals surface area contributed by atoms with E-state index in [1.807, 2.05) is 6.07 Å². The third-order valence-corrected chi connectivity index (χ3v) is 5.42. The molecule has 1 aromatic heterocycles. The molecule has 8 nitrogen and oxygen atoms in total. The molecule has 0 spiro atoms. The molecule has 0 atom stereocenters. The molecule has 0 unspecified atom stereocenters. The van der Waals surface area contributed by atoms with Crippen LogP contribution in [0.3, 0.4) is 0 Å². The highest BCUT2D eigenvalue weighted by atomic mass is 16.5. The zero-order valence-electron chi connectivity index (χ0n) is 18.5. The van der Waals surface area contributed by atoms with Gasteiger partial charge in [-0.05, 0) is 64.0 Å². The molecule has 2 aromatic rings. The van der Waals surface area contributed by atoms with Crippen LogP contribution in [0.15, 0.2) is 22.6 Å². The number of nitrogens with one attached hydrogen (secondary N) is 1. The lowest BCUT2D eigenvalue weighted by molar-refractivity contribution is -0.127. The van der Waals surface area contributed by atoms with Gasteiger partial charge < -0.3 is 24.1 Å². The van der Waals surface area contributed by atoms with Gasteiger partial charge in [0.2, 0.25) is 11.8 Å². The smallest absolute Gasteiger partial charge is 0.227 e. The number of ketones is 1. The van der Waals surface area contributed by atoms with Crippen LogP contribution >= 0.6 is 0 Å². The van der Waals surface area contributed by atoms with Gasteiger partial charge in [0.05, 0.1) is 32.8 Å². The number of likely N-dealkylation sites (tertiary alicyclic amines) is 1. The predicted molar refractivity (Wildman–Crippen MR) is 116 cm³/mol. The first-order valence-electron chi connectivity index (χ1n) is 10.7. The molecule has 1 aliphatic rings. The number of ether oxygens (including phenoxy) is 2. The number of Topliss-reactive ketones (excluding diaryl/α,β-unsaturated/α-hetero) is 1. The number of benzene rings is 1. The second-order valence-corrected chi connectivity index (χ2v) is 7.74. The van der Waals surface area contributed by atoms with E-state index in [0.717, 1.165) is 31.6 Å². The maximum absolute atomic E-state index is 12.4. The summed E-state index contributed by atoms with van der Waals surface area (Å²) in [5, 5.41) is 2.84. The number of carbonyl (C=O) groups excluding carboxylic acids is 2. The number of amides is 1. The molecule has 1 aliphatic heterocycles. The van der Waals surface area contributed by atoms with Crippen LogP contribution in [-0.4, -0.2) is 62.0 Å². The van der Waals surface area contributed by atoms with Gasteiger partial charge in [-0.1, -0.05) is 0 Å². The van der Waals surface area contributed by atoms with Crippen molar-refractivity contribution in [1.29, 1.82) is 0 Å². The first-order chi connectivity index (χ1) is 15.0. The largest absolute Gasteiger partial charge is 0.493 e. The van der Waals surface area contributed by atoms with Crippen molar-refractivity contribution in [3.63, 3.8) is 0 Å². The Hall–Kier alpha value is -2.87. The van der Waals surface area contributed by atoms with E-state index < -0.39 is 0 Å². The summed E-state index contributed by atoms with van der Waals surface area (Å²) in [5.74, 6) is 1.70. The summed E-state index contributed by atoms with van der Waals surface area (Å²) >= 11 is 0. The Morgan fingerprint density at radius 2 is 1.90 bits per heavy atom. The first kappa shape index (κ1) is 22.8. The van der Waals surface area contributed by atoms with Crippen LogP contribution < -0.4 is 14.8 Å². The molecule has 1 fully saturated rings. The molecule has 31 heavy (non-hydrogen) atoms. The summed E-state index contributed by atoms with van der Waals surface area (Å²) in [6.07, 6.45) is 3.33. The van der Waals surface area contributed by atoms with Gasteiger partial charge >= 0.3 is 0 Å². The molecule has 0 bridgehead atoms. The van der Waals surface area contributed by atoms with E-state index in [0.29, 0.717) is 35.4 Å². The van der Waals surface area contributed by atoms with Crippen LogP contribution in [0, 0.1) is 6.92 Å². The summed E-state index contributed by atoms with van der Waals surface area (Å²) in [6, 6.07) is 5.35. The highest BCUT2D eigenvalue weighted by molar-refractivity contribution is 5.98. The molecular weight excluding hydrogens is 398 g/mol. The van der Waals surface area contributed by atoms with Gasteiger partial charge in [-0.15, -0.1) is 0 Å². The molecule has 0 aliphatic carbocycles. The highest BCUT2D eigenvalue weighted by Gasteiger charge is 2.18. The molecule has 0 saturated carbocycles. The summed E-state index contributed by atoms with van der Waals surface area (Å²) in [6.45, 7) is 5.64. The Morgan fingerprint density at radius 3 is 2.61 bits per heavy atom. The number of carbonyl (C=O) groups is 2. The lowest BCUT2D eigenvalue weighted by Crippen LogP contribution is -2.30. The number of oxazole rings is 1. The minimum absolute atomic E-state index is 0.0593. The van der Waals surface area contributed by atoms with Gasteiger partial charge in [0, 0.05) is 12.1 Å². The normalized spacial score (nSPS) is 13.9. The zero-order chi connectivity index (χ0) is 22.2. The molecule has 8 heteroatoms. The average molecular weight is 430 g/mol. The van der Waals surface area contributed by atoms with Crippen LogP contribution in [-0.2, 0) is 16.0 Å². The van der Waals surface area contributed by atoms with Crippen LogP contribution in [0.25, 0.3) is 11.5 Å². The summed E-state index contributed by atoms with van der Waals surface area (Å²) in [7, 11) is 3.13. The Bertz CT molecular complexity index is 903. The van der Waals surface area contributed by atoms with E-state index in [9.17, 15) is 9.59 Å². The molecule has 1 amide bonds. The number of rotatable bonds is 11. The summed E-state index contributed by atoms with van der Waals surface area (Å²) < 4.78 is 16.3. The lowest BCUT2D eigenvalue weighted by atomic mass is 10.1. The number of hydrogen-bond donors (Lipinski definition) is 1. The van der Waals surface area contributed by atoms with Crippen molar-refractivity contribution >= 4 is 11.7 Å². The number of hydrogen-bond acceptors (Lipinski definition) is 7. The summed E-state index contributed by atoms with van der Waals surface area (Å²) in [4.78, 5) is 31.3. The second-order valence-electron chi connectivity index (χ2n) is 7.74. The SMILES string of the molecule is COc1ccc(-c2nc(CC(=O)CC(=O)NCCCN3CCCC3)c(C)o2)cc1OC. The van der Waals surface area contributed by atoms with Crippen LogP contribution in [0.2, 0.25) is 0 Å². The van der Waals surface area contributed by atoms with Crippen molar-refractivity contribution < 1.29 is 23.5 Å². The highest BCUT2D eigenvalue weighted by Crippen LogP contribution is 2.32. The molecule has 3 rings (SSSR count). The Balaban J connectivity index is 1.50. The zero-order valence-corrected chi connectivity index (χ0v) is 18.5. The Morgan fingerprint density at radius 1 is 1.16 bits per heavy atom. The van der Waals surface area contributed by atoms with E-state index in [-0.39, 0.29) is 24.5 Å². The van der Waals surface area contributed by atoms with Crippen molar-refractivity contribution in [2.45, 2.75) is 39.0 Å². The first-order valence-corrected chi connectivity index (χ1v) is 10.7. The maximum atomic E-state index is 12.4. The Labute approximate surface area is 182 Å². The number of aryl methyl sites for hydroxylation is 1. The molecule has 1 saturated heterocycles. The van der Waals surface area contributed by atoms with Crippen molar-refractivity contribution in [2.24, 2.45) is 0 Å².